The number of benzene rings is 2. The summed E-state index contributed by atoms with van der Waals surface area (Å²) in [5, 5.41) is 11.3. The van der Waals surface area contributed by atoms with Gasteiger partial charge in [-0.15, -0.1) is 0 Å². The molecule has 0 radical (unpaired) electrons. The number of Topliss-reactive ketones (excluding diaryl/α,β-unsaturated/α-hetero) is 1. The lowest BCUT2D eigenvalue weighted by atomic mass is 9.95. The highest BCUT2D eigenvalue weighted by Gasteiger charge is 2.45. The number of rotatable bonds is 8. The summed E-state index contributed by atoms with van der Waals surface area (Å²) in [6.45, 7) is 3.08. The van der Waals surface area contributed by atoms with Gasteiger partial charge in [-0.2, -0.15) is 0 Å². The van der Waals surface area contributed by atoms with Crippen LogP contribution in [0.4, 0.5) is 0 Å². The molecule has 1 aliphatic heterocycles. The number of nitrogens with zero attached hydrogens (tertiary/aromatic N) is 1. The summed E-state index contributed by atoms with van der Waals surface area (Å²) < 4.78 is 10.5. The molecule has 7 heteroatoms. The lowest BCUT2D eigenvalue weighted by Crippen LogP contribution is -2.31. The molecule has 1 aliphatic rings. The highest BCUT2D eigenvalue weighted by molar-refractivity contribution is 6.46. The Kier molecular flexibility index (Phi) is 7.13. The summed E-state index contributed by atoms with van der Waals surface area (Å²) in [5.74, 6) is -1.14. The molecule has 1 unspecified atom stereocenters. The molecule has 0 aliphatic carbocycles. The minimum Gasteiger partial charge on any atom is -0.507 e. The number of ketones is 1. The third kappa shape index (κ3) is 4.35. The molecule has 0 aromatic heterocycles. The zero-order valence-electron chi connectivity index (χ0n) is 16.9. The standard InChI is InChI=1S/C23H24ClNO5/c1-3-30-18-11-10-16(14-17(18)24)21(26)19-20(15-8-5-4-6-9-15)25(12-7-13-29-2)23(28)22(19)27/h4-6,8-11,14,20,26H,3,7,12-13H2,1-2H3. The summed E-state index contributed by atoms with van der Waals surface area (Å²) >= 11 is 6.26. The van der Waals surface area contributed by atoms with E-state index in [1.807, 2.05) is 37.3 Å². The highest BCUT2D eigenvalue weighted by atomic mass is 35.5. The van der Waals surface area contributed by atoms with Gasteiger partial charge in [-0.3, -0.25) is 9.59 Å². The maximum atomic E-state index is 12.9. The number of aliphatic hydroxyl groups is 1. The number of likely N-dealkylation sites (tertiary alicyclic amines) is 1. The summed E-state index contributed by atoms with van der Waals surface area (Å²) in [6, 6.07) is 13.3. The zero-order valence-corrected chi connectivity index (χ0v) is 17.7. The molecule has 158 valence electrons. The Morgan fingerprint density at radius 3 is 2.53 bits per heavy atom. The Morgan fingerprint density at radius 2 is 1.90 bits per heavy atom. The van der Waals surface area contributed by atoms with Crippen molar-refractivity contribution in [2.24, 2.45) is 0 Å². The predicted octanol–water partition coefficient (Wildman–Crippen LogP) is 4.20. The van der Waals surface area contributed by atoms with Gasteiger partial charge in [-0.25, -0.2) is 0 Å². The number of aliphatic hydroxyl groups excluding tert-OH is 1. The van der Waals surface area contributed by atoms with Crippen LogP contribution in [0.5, 0.6) is 5.75 Å². The Labute approximate surface area is 180 Å². The van der Waals surface area contributed by atoms with Crippen molar-refractivity contribution in [1.29, 1.82) is 0 Å². The summed E-state index contributed by atoms with van der Waals surface area (Å²) in [6.07, 6.45) is 0.571. The van der Waals surface area contributed by atoms with Crippen molar-refractivity contribution in [2.45, 2.75) is 19.4 Å². The van der Waals surface area contributed by atoms with Gasteiger partial charge in [0, 0.05) is 25.8 Å². The van der Waals surface area contributed by atoms with E-state index in [0.717, 1.165) is 5.56 Å². The Morgan fingerprint density at radius 1 is 1.17 bits per heavy atom. The number of amides is 1. The van der Waals surface area contributed by atoms with Crippen LogP contribution in [-0.2, 0) is 14.3 Å². The highest BCUT2D eigenvalue weighted by Crippen LogP contribution is 2.40. The maximum Gasteiger partial charge on any atom is 0.295 e. The predicted molar refractivity (Wildman–Crippen MR) is 115 cm³/mol. The third-order valence-corrected chi connectivity index (χ3v) is 5.20. The largest absolute Gasteiger partial charge is 0.507 e. The van der Waals surface area contributed by atoms with Crippen LogP contribution in [0.1, 0.15) is 30.5 Å². The summed E-state index contributed by atoms with van der Waals surface area (Å²) in [7, 11) is 1.58. The normalized spacial score (nSPS) is 18.1. The minimum absolute atomic E-state index is 0.0452. The molecule has 1 fully saturated rings. The van der Waals surface area contributed by atoms with Crippen LogP contribution >= 0.6 is 11.6 Å². The molecular formula is C23H24ClNO5. The van der Waals surface area contributed by atoms with Crippen molar-refractivity contribution >= 4 is 29.1 Å². The van der Waals surface area contributed by atoms with E-state index in [0.29, 0.717) is 42.5 Å². The molecule has 2 aromatic carbocycles. The van der Waals surface area contributed by atoms with E-state index in [2.05, 4.69) is 0 Å². The van der Waals surface area contributed by atoms with E-state index in [9.17, 15) is 14.7 Å². The number of hydrogen-bond donors (Lipinski definition) is 1. The maximum absolute atomic E-state index is 12.9. The molecule has 3 rings (SSSR count). The Balaban J connectivity index is 2.08. The Bertz CT molecular complexity index is 957. The van der Waals surface area contributed by atoms with E-state index in [1.165, 1.54) is 11.0 Å². The van der Waals surface area contributed by atoms with E-state index < -0.39 is 17.7 Å². The molecule has 1 heterocycles. The van der Waals surface area contributed by atoms with Crippen molar-refractivity contribution in [2.75, 3.05) is 26.9 Å². The van der Waals surface area contributed by atoms with Crippen LogP contribution in [0, 0.1) is 0 Å². The topological polar surface area (TPSA) is 76.1 Å². The first-order chi connectivity index (χ1) is 14.5. The quantitative estimate of drug-likeness (QED) is 0.294. The SMILES string of the molecule is CCOc1ccc(C(O)=C2C(=O)C(=O)N(CCCOC)C2c2ccccc2)cc1Cl. The van der Waals surface area contributed by atoms with Crippen molar-refractivity contribution in [3.8, 4) is 5.75 Å². The van der Waals surface area contributed by atoms with E-state index >= 15 is 0 Å². The number of ether oxygens (including phenoxy) is 2. The van der Waals surface area contributed by atoms with Crippen molar-refractivity contribution in [3.63, 3.8) is 0 Å². The fourth-order valence-electron chi connectivity index (χ4n) is 3.55. The average molecular weight is 430 g/mol. The van der Waals surface area contributed by atoms with Gasteiger partial charge in [-0.05, 0) is 37.1 Å². The van der Waals surface area contributed by atoms with Gasteiger partial charge in [0.2, 0.25) is 0 Å². The van der Waals surface area contributed by atoms with Gasteiger partial charge >= 0.3 is 0 Å². The third-order valence-electron chi connectivity index (χ3n) is 4.91. The van der Waals surface area contributed by atoms with Crippen molar-refractivity contribution in [3.05, 3.63) is 70.3 Å². The molecule has 30 heavy (non-hydrogen) atoms. The second-order valence-corrected chi connectivity index (χ2v) is 7.23. The van der Waals surface area contributed by atoms with E-state index in [1.54, 1.807) is 19.2 Å². The molecule has 1 N–H and O–H groups in total. The van der Waals surface area contributed by atoms with Crippen LogP contribution in [-0.4, -0.2) is 48.6 Å². The van der Waals surface area contributed by atoms with Crippen LogP contribution < -0.4 is 4.74 Å². The van der Waals surface area contributed by atoms with Gasteiger partial charge in [0.1, 0.15) is 11.5 Å². The van der Waals surface area contributed by atoms with Crippen molar-refractivity contribution < 1.29 is 24.2 Å². The van der Waals surface area contributed by atoms with Crippen molar-refractivity contribution in [1.82, 2.24) is 4.90 Å². The molecule has 2 aromatic rings. The first-order valence-corrected chi connectivity index (χ1v) is 10.1. The fourth-order valence-corrected chi connectivity index (χ4v) is 3.78. The lowest BCUT2D eigenvalue weighted by molar-refractivity contribution is -0.140. The van der Waals surface area contributed by atoms with Crippen LogP contribution in [0.3, 0.4) is 0 Å². The molecule has 1 saturated heterocycles. The second kappa shape index (κ2) is 9.78. The first kappa shape index (κ1) is 21.9. The van der Waals surface area contributed by atoms with Gasteiger partial charge in [0.15, 0.2) is 0 Å². The van der Waals surface area contributed by atoms with Gasteiger partial charge in [0.25, 0.3) is 11.7 Å². The molecule has 0 bridgehead atoms. The lowest BCUT2D eigenvalue weighted by Gasteiger charge is -2.25. The molecule has 6 nitrogen and oxygen atoms in total. The van der Waals surface area contributed by atoms with E-state index in [4.69, 9.17) is 21.1 Å². The van der Waals surface area contributed by atoms with Crippen LogP contribution in [0.2, 0.25) is 5.02 Å². The molecule has 1 amide bonds. The molecular weight excluding hydrogens is 406 g/mol. The fraction of sp³-hybridized carbons (Fsp3) is 0.304. The minimum atomic E-state index is -0.719. The summed E-state index contributed by atoms with van der Waals surface area (Å²) in [4.78, 5) is 27.2. The molecule has 0 spiro atoms. The number of carbonyl (C=O) groups excluding carboxylic acids is 2. The van der Waals surface area contributed by atoms with Gasteiger partial charge in [-0.1, -0.05) is 41.9 Å². The van der Waals surface area contributed by atoms with Gasteiger partial charge in [0.05, 0.1) is 23.2 Å². The smallest absolute Gasteiger partial charge is 0.295 e. The monoisotopic (exact) mass is 429 g/mol. The van der Waals surface area contributed by atoms with Crippen LogP contribution in [0.15, 0.2) is 54.1 Å². The van der Waals surface area contributed by atoms with E-state index in [-0.39, 0.29) is 11.3 Å². The first-order valence-electron chi connectivity index (χ1n) is 9.74. The van der Waals surface area contributed by atoms with Gasteiger partial charge < -0.3 is 19.5 Å². The zero-order chi connectivity index (χ0) is 21.7. The number of carbonyl (C=O) groups is 2. The number of halogens is 1. The average Bonchev–Trinajstić information content (AvgIpc) is 3.00. The Hall–Kier alpha value is -2.83. The number of methoxy groups -OCH3 is 1. The second-order valence-electron chi connectivity index (χ2n) is 6.83. The summed E-state index contributed by atoms with van der Waals surface area (Å²) in [5.41, 5.74) is 1.14. The molecule has 0 saturated carbocycles. The number of hydrogen-bond acceptors (Lipinski definition) is 5. The van der Waals surface area contributed by atoms with Crippen LogP contribution in [0.25, 0.3) is 5.76 Å². The molecule has 1 atom stereocenters.